The SMILES string of the molecule is CC(C)c1noc(/C=C/C(=O)N2CC[C@@H](N(C)c3nc(OC[C@@]45CCCN4C[C@H](F)C5)nc4c3CCN(c3cccc5cccc(Cl)c35)C4)C2)n1. The molecule has 0 radical (unpaired) electrons. The molecule has 0 bridgehead atoms. The Labute approximate surface area is 302 Å². The average Bonchev–Trinajstić information content (AvgIpc) is 3.93. The zero-order valence-corrected chi connectivity index (χ0v) is 30.2. The van der Waals surface area contributed by atoms with Crippen molar-refractivity contribution in [2.45, 2.75) is 76.2 Å². The summed E-state index contributed by atoms with van der Waals surface area (Å²) in [4.78, 5) is 36.2. The number of carbonyl (C=O) groups is 1. The smallest absolute Gasteiger partial charge is 0.318 e. The maximum atomic E-state index is 14.6. The fourth-order valence-electron chi connectivity index (χ4n) is 8.37. The average molecular weight is 715 g/mol. The lowest BCUT2D eigenvalue weighted by Crippen LogP contribution is -2.44. The molecule has 13 heteroatoms. The summed E-state index contributed by atoms with van der Waals surface area (Å²) in [5.41, 5.74) is 2.74. The van der Waals surface area contributed by atoms with E-state index in [4.69, 9.17) is 30.8 Å². The van der Waals surface area contributed by atoms with Crippen molar-refractivity contribution in [3.05, 3.63) is 70.5 Å². The van der Waals surface area contributed by atoms with Crippen LogP contribution < -0.4 is 14.5 Å². The van der Waals surface area contributed by atoms with Gasteiger partial charge in [0, 0.05) is 80.4 Å². The van der Waals surface area contributed by atoms with Gasteiger partial charge in [-0.05, 0) is 49.7 Å². The van der Waals surface area contributed by atoms with Gasteiger partial charge < -0.3 is 24.0 Å². The maximum Gasteiger partial charge on any atom is 0.318 e. The van der Waals surface area contributed by atoms with Crippen molar-refractivity contribution >= 4 is 45.9 Å². The molecule has 8 rings (SSSR count). The summed E-state index contributed by atoms with van der Waals surface area (Å²) in [5, 5.41) is 6.81. The molecule has 268 valence electrons. The van der Waals surface area contributed by atoms with Crippen LogP contribution in [0.1, 0.15) is 68.4 Å². The summed E-state index contributed by atoms with van der Waals surface area (Å²) in [6, 6.07) is 12.6. The number of alkyl halides is 1. The van der Waals surface area contributed by atoms with Crippen LogP contribution in [0.25, 0.3) is 16.8 Å². The lowest BCUT2D eigenvalue weighted by atomic mass is 9.95. The monoisotopic (exact) mass is 714 g/mol. The highest BCUT2D eigenvalue weighted by Crippen LogP contribution is 2.41. The van der Waals surface area contributed by atoms with Gasteiger partial charge in [-0.3, -0.25) is 9.69 Å². The van der Waals surface area contributed by atoms with E-state index in [1.807, 2.05) is 37.9 Å². The van der Waals surface area contributed by atoms with Gasteiger partial charge in [0.05, 0.1) is 22.8 Å². The van der Waals surface area contributed by atoms with Crippen molar-refractivity contribution in [2.75, 3.05) is 56.2 Å². The quantitative estimate of drug-likeness (QED) is 0.190. The first-order valence-corrected chi connectivity index (χ1v) is 18.4. The maximum absolute atomic E-state index is 14.6. The molecule has 0 spiro atoms. The summed E-state index contributed by atoms with van der Waals surface area (Å²) < 4.78 is 26.3. The Balaban J connectivity index is 1.05. The number of carbonyl (C=O) groups excluding carboxylic acids is 1. The second-order valence-electron chi connectivity index (χ2n) is 14.7. The number of nitrogens with zero attached hydrogens (tertiary/aromatic N) is 8. The Kier molecular flexibility index (Phi) is 9.08. The Morgan fingerprint density at radius 3 is 2.82 bits per heavy atom. The third-order valence-corrected chi connectivity index (χ3v) is 11.4. The van der Waals surface area contributed by atoms with Gasteiger partial charge in [0.25, 0.3) is 5.89 Å². The number of fused-ring (bicyclic) bond motifs is 3. The predicted molar refractivity (Wildman–Crippen MR) is 195 cm³/mol. The van der Waals surface area contributed by atoms with Gasteiger partial charge >= 0.3 is 6.01 Å². The summed E-state index contributed by atoms with van der Waals surface area (Å²) in [5.74, 6) is 1.79. The van der Waals surface area contributed by atoms with Crippen LogP contribution in [0.3, 0.4) is 0 Å². The van der Waals surface area contributed by atoms with Crippen LogP contribution in [0.15, 0.2) is 47.0 Å². The first-order valence-electron chi connectivity index (χ1n) is 18.0. The molecular weight excluding hydrogens is 671 g/mol. The molecule has 4 aromatic rings. The topological polar surface area (TPSA) is 104 Å². The van der Waals surface area contributed by atoms with E-state index in [1.165, 1.54) is 6.08 Å². The first-order chi connectivity index (χ1) is 24.7. The number of halogens is 2. The van der Waals surface area contributed by atoms with Gasteiger partial charge in [0.2, 0.25) is 5.91 Å². The molecule has 0 aliphatic carbocycles. The van der Waals surface area contributed by atoms with E-state index in [9.17, 15) is 9.18 Å². The second-order valence-corrected chi connectivity index (χ2v) is 15.1. The molecular formula is C38H44ClFN8O3. The van der Waals surface area contributed by atoms with Crippen LogP contribution >= 0.6 is 11.6 Å². The summed E-state index contributed by atoms with van der Waals surface area (Å²) >= 11 is 6.75. The fraction of sp³-hybridized carbons (Fsp3) is 0.500. The number of ether oxygens (including phenoxy) is 1. The highest BCUT2D eigenvalue weighted by Gasteiger charge is 2.49. The van der Waals surface area contributed by atoms with E-state index < -0.39 is 6.17 Å². The number of benzene rings is 2. The van der Waals surface area contributed by atoms with Crippen molar-refractivity contribution in [1.29, 1.82) is 0 Å². The van der Waals surface area contributed by atoms with Gasteiger partial charge in [0.1, 0.15) is 18.6 Å². The van der Waals surface area contributed by atoms with Crippen LogP contribution in [0.2, 0.25) is 5.02 Å². The van der Waals surface area contributed by atoms with E-state index in [0.29, 0.717) is 56.9 Å². The number of likely N-dealkylation sites (N-methyl/N-ethyl adjacent to an activating group) is 1. The van der Waals surface area contributed by atoms with Gasteiger partial charge in [-0.25, -0.2) is 4.39 Å². The molecule has 11 nitrogen and oxygen atoms in total. The Morgan fingerprint density at radius 2 is 2.00 bits per heavy atom. The highest BCUT2D eigenvalue weighted by atomic mass is 35.5. The predicted octanol–water partition coefficient (Wildman–Crippen LogP) is 6.06. The molecule has 3 atom stereocenters. The number of amides is 1. The van der Waals surface area contributed by atoms with Gasteiger partial charge in [-0.1, -0.05) is 54.9 Å². The Hall–Kier alpha value is -4.29. The van der Waals surface area contributed by atoms with Gasteiger partial charge in [-0.2, -0.15) is 15.0 Å². The number of anilines is 2. The van der Waals surface area contributed by atoms with Gasteiger partial charge in [-0.15, -0.1) is 0 Å². The molecule has 3 fully saturated rings. The number of hydrogen-bond acceptors (Lipinski definition) is 10. The molecule has 0 unspecified atom stereocenters. The number of aromatic nitrogens is 4. The molecule has 0 saturated carbocycles. The minimum absolute atomic E-state index is 0.0473. The fourth-order valence-corrected chi connectivity index (χ4v) is 8.64. The van der Waals surface area contributed by atoms with E-state index in [0.717, 1.165) is 77.3 Å². The molecule has 2 aromatic heterocycles. The molecule has 0 N–H and O–H groups in total. The van der Waals surface area contributed by atoms with Crippen LogP contribution in [-0.2, 0) is 17.8 Å². The third kappa shape index (κ3) is 6.52. The van der Waals surface area contributed by atoms with Crippen molar-refractivity contribution < 1.29 is 18.4 Å². The summed E-state index contributed by atoms with van der Waals surface area (Å²) in [6.07, 6.45) is 6.20. The van der Waals surface area contributed by atoms with E-state index >= 15 is 0 Å². The Bertz CT molecular complexity index is 1970. The normalized spacial score (nSPS) is 23.5. The molecule has 2 aromatic carbocycles. The standard InChI is InChI=1S/C38H44ClFN8O3/c1-24(2)35-42-32(51-44-35)11-12-33(49)47-17-13-27(21-47)45(3)36-28-14-18-46(31-10-5-8-25-7-4-9-29(39)34(25)31)22-30(28)41-37(43-36)50-23-38-15-6-16-48(38)20-26(40)19-38/h4-5,7-12,24,26-27H,6,13-23H2,1-3H3/b12-11+/t26-,27-,38+/m1/s1. The highest BCUT2D eigenvalue weighted by molar-refractivity contribution is 6.36. The number of hydrogen-bond donors (Lipinski definition) is 0. The lowest BCUT2D eigenvalue weighted by molar-refractivity contribution is -0.124. The third-order valence-electron chi connectivity index (χ3n) is 11.1. The van der Waals surface area contributed by atoms with Crippen molar-refractivity contribution in [2.24, 2.45) is 0 Å². The van der Waals surface area contributed by atoms with Crippen LogP contribution in [0.4, 0.5) is 15.9 Å². The summed E-state index contributed by atoms with van der Waals surface area (Å²) in [6.45, 7) is 8.20. The minimum Gasteiger partial charge on any atom is -0.461 e. The van der Waals surface area contributed by atoms with Crippen molar-refractivity contribution in [3.8, 4) is 6.01 Å². The van der Waals surface area contributed by atoms with Crippen LogP contribution in [0, 0.1) is 0 Å². The van der Waals surface area contributed by atoms with E-state index in [2.05, 4.69) is 49.1 Å². The lowest BCUT2D eigenvalue weighted by Gasteiger charge is -2.35. The van der Waals surface area contributed by atoms with Crippen LogP contribution in [-0.4, -0.2) is 99.9 Å². The number of likely N-dealkylation sites (tertiary alicyclic amines) is 1. The molecule has 51 heavy (non-hydrogen) atoms. The van der Waals surface area contributed by atoms with E-state index in [-0.39, 0.29) is 23.4 Å². The summed E-state index contributed by atoms with van der Waals surface area (Å²) in [7, 11) is 2.05. The molecule has 3 saturated heterocycles. The second kappa shape index (κ2) is 13.7. The molecule has 4 aliphatic heterocycles. The molecule has 6 heterocycles. The van der Waals surface area contributed by atoms with Crippen LogP contribution in [0.5, 0.6) is 6.01 Å². The zero-order valence-electron chi connectivity index (χ0n) is 29.4. The minimum atomic E-state index is -0.839. The van der Waals surface area contributed by atoms with Gasteiger partial charge in [0.15, 0.2) is 5.82 Å². The van der Waals surface area contributed by atoms with Crippen molar-refractivity contribution in [1.82, 2.24) is 29.9 Å². The van der Waals surface area contributed by atoms with Crippen molar-refractivity contribution in [3.63, 3.8) is 0 Å². The molecule has 1 amide bonds. The zero-order chi connectivity index (χ0) is 35.3. The largest absolute Gasteiger partial charge is 0.461 e. The Morgan fingerprint density at radius 1 is 1.16 bits per heavy atom. The van der Waals surface area contributed by atoms with E-state index in [1.54, 1.807) is 6.08 Å². The molecule has 4 aliphatic rings. The number of rotatable bonds is 9. The first kappa shape index (κ1) is 33.8.